The normalized spacial score (nSPS) is 15.9. The molecule has 0 radical (unpaired) electrons. The van der Waals surface area contributed by atoms with Gasteiger partial charge in [0.15, 0.2) is 11.6 Å². The van der Waals surface area contributed by atoms with Crippen molar-refractivity contribution in [2.45, 2.75) is 26.3 Å². The molecule has 0 atom stereocenters. The molecule has 0 aromatic heterocycles. The smallest absolute Gasteiger partial charge is 0.222 e. The Kier molecular flexibility index (Phi) is 2.90. The van der Waals surface area contributed by atoms with Gasteiger partial charge in [0, 0.05) is 25.1 Å². The van der Waals surface area contributed by atoms with Gasteiger partial charge in [-0.2, -0.15) is 0 Å². The number of benzene rings is 1. The molecule has 2 rings (SSSR count). The Bertz CT molecular complexity index is 431. The molecule has 1 aromatic rings. The lowest BCUT2D eigenvalue weighted by atomic mass is 10.1. The van der Waals surface area contributed by atoms with Crippen molar-refractivity contribution in [2.75, 3.05) is 6.54 Å². The molecule has 1 aliphatic heterocycles. The van der Waals surface area contributed by atoms with E-state index in [2.05, 4.69) is 0 Å². The summed E-state index contributed by atoms with van der Waals surface area (Å²) >= 11 is 0. The highest BCUT2D eigenvalue weighted by molar-refractivity contribution is 5.78. The molecule has 4 heteroatoms. The number of hydrogen-bond acceptors (Lipinski definition) is 1. The van der Waals surface area contributed by atoms with Gasteiger partial charge in [-0.15, -0.1) is 0 Å². The molecule has 1 heterocycles. The van der Waals surface area contributed by atoms with Crippen molar-refractivity contribution in [1.82, 2.24) is 4.90 Å². The Labute approximate surface area is 92.9 Å². The molecule has 0 aliphatic carbocycles. The Balaban J connectivity index is 2.24. The van der Waals surface area contributed by atoms with Gasteiger partial charge in [0.2, 0.25) is 5.91 Å². The van der Waals surface area contributed by atoms with Gasteiger partial charge in [0.25, 0.3) is 0 Å². The zero-order valence-electron chi connectivity index (χ0n) is 9.09. The maximum Gasteiger partial charge on any atom is 0.222 e. The van der Waals surface area contributed by atoms with Crippen LogP contribution in [-0.2, 0) is 11.3 Å². The van der Waals surface area contributed by atoms with E-state index in [0.29, 0.717) is 18.5 Å². The van der Waals surface area contributed by atoms with Crippen LogP contribution in [0.3, 0.4) is 0 Å². The van der Waals surface area contributed by atoms with Gasteiger partial charge in [-0.1, -0.05) is 6.07 Å². The number of rotatable bonds is 2. The minimum absolute atomic E-state index is 0.0151. The highest BCUT2D eigenvalue weighted by atomic mass is 19.2. The van der Waals surface area contributed by atoms with Crippen LogP contribution < -0.4 is 0 Å². The third-order valence-electron chi connectivity index (χ3n) is 2.78. The van der Waals surface area contributed by atoms with Crippen molar-refractivity contribution in [1.29, 1.82) is 0 Å². The average Bonchev–Trinajstić information content (AvgIpc) is 2.60. The van der Waals surface area contributed by atoms with Gasteiger partial charge in [-0.3, -0.25) is 4.79 Å². The Hall–Kier alpha value is -1.45. The average molecular weight is 225 g/mol. The van der Waals surface area contributed by atoms with Gasteiger partial charge in [0.05, 0.1) is 0 Å². The first-order valence-electron chi connectivity index (χ1n) is 5.30. The largest absolute Gasteiger partial charge is 0.338 e. The fourth-order valence-electron chi connectivity index (χ4n) is 1.99. The number of carbonyl (C=O) groups is 1. The molecular weight excluding hydrogens is 212 g/mol. The number of halogens is 2. The van der Waals surface area contributed by atoms with Crippen LogP contribution in [0.1, 0.15) is 24.0 Å². The molecule has 0 saturated carbocycles. The molecular formula is C12H13F2NO. The van der Waals surface area contributed by atoms with E-state index >= 15 is 0 Å². The second kappa shape index (κ2) is 4.20. The molecule has 86 valence electrons. The lowest BCUT2D eigenvalue weighted by Crippen LogP contribution is -2.24. The molecule has 2 nitrogen and oxygen atoms in total. The maximum atomic E-state index is 13.4. The molecule has 1 amide bonds. The predicted octanol–water partition coefficient (Wildman–Crippen LogP) is 2.40. The Morgan fingerprint density at radius 2 is 2.12 bits per heavy atom. The zero-order chi connectivity index (χ0) is 11.7. The predicted molar refractivity (Wildman–Crippen MR) is 55.7 cm³/mol. The number of aryl methyl sites for hydroxylation is 1. The maximum absolute atomic E-state index is 13.4. The third kappa shape index (κ3) is 2.05. The number of hydrogen-bond donors (Lipinski definition) is 0. The Morgan fingerprint density at radius 1 is 1.38 bits per heavy atom. The minimum atomic E-state index is -0.846. The molecule has 0 unspecified atom stereocenters. The highest BCUT2D eigenvalue weighted by Crippen LogP contribution is 2.19. The topological polar surface area (TPSA) is 20.3 Å². The van der Waals surface area contributed by atoms with Crippen molar-refractivity contribution in [3.63, 3.8) is 0 Å². The summed E-state index contributed by atoms with van der Waals surface area (Å²) in [5.41, 5.74) is 0.924. The molecule has 0 spiro atoms. The van der Waals surface area contributed by atoms with Crippen molar-refractivity contribution in [2.24, 2.45) is 0 Å². The van der Waals surface area contributed by atoms with Crippen LogP contribution in [0, 0.1) is 18.6 Å². The van der Waals surface area contributed by atoms with Crippen molar-refractivity contribution in [3.05, 3.63) is 34.9 Å². The number of amides is 1. The number of likely N-dealkylation sites (tertiary alicyclic amines) is 1. The van der Waals surface area contributed by atoms with Crippen LogP contribution >= 0.6 is 0 Å². The summed E-state index contributed by atoms with van der Waals surface area (Å²) in [6.07, 6.45) is 1.31. The van der Waals surface area contributed by atoms with Crippen molar-refractivity contribution >= 4 is 5.91 Å². The first-order valence-corrected chi connectivity index (χ1v) is 5.30. The van der Waals surface area contributed by atoms with E-state index in [-0.39, 0.29) is 18.0 Å². The van der Waals surface area contributed by atoms with E-state index in [4.69, 9.17) is 0 Å². The summed E-state index contributed by atoms with van der Waals surface area (Å²) in [5.74, 6) is -1.67. The fourth-order valence-corrected chi connectivity index (χ4v) is 1.99. The molecule has 1 saturated heterocycles. The summed E-state index contributed by atoms with van der Waals surface area (Å²) in [4.78, 5) is 12.9. The summed E-state index contributed by atoms with van der Waals surface area (Å²) < 4.78 is 26.6. The van der Waals surface area contributed by atoms with Crippen molar-refractivity contribution in [3.8, 4) is 0 Å². The molecule has 1 aliphatic rings. The van der Waals surface area contributed by atoms with Gasteiger partial charge < -0.3 is 4.90 Å². The molecule has 16 heavy (non-hydrogen) atoms. The lowest BCUT2D eigenvalue weighted by Gasteiger charge is -2.16. The van der Waals surface area contributed by atoms with Crippen LogP contribution in [0.5, 0.6) is 0 Å². The lowest BCUT2D eigenvalue weighted by molar-refractivity contribution is -0.128. The van der Waals surface area contributed by atoms with Gasteiger partial charge in [0.1, 0.15) is 0 Å². The fraction of sp³-hybridized carbons (Fsp3) is 0.417. The molecule has 1 fully saturated rings. The monoisotopic (exact) mass is 225 g/mol. The second-order valence-corrected chi connectivity index (χ2v) is 4.14. The number of carbonyl (C=O) groups excluding carboxylic acids is 1. The highest BCUT2D eigenvalue weighted by Gasteiger charge is 2.22. The quantitative estimate of drug-likeness (QED) is 0.756. The van der Waals surface area contributed by atoms with E-state index < -0.39 is 11.6 Å². The summed E-state index contributed by atoms with van der Waals surface area (Å²) in [6, 6.07) is 2.74. The third-order valence-corrected chi connectivity index (χ3v) is 2.78. The van der Waals surface area contributed by atoms with E-state index in [1.165, 1.54) is 0 Å². The molecule has 1 aromatic carbocycles. The van der Waals surface area contributed by atoms with E-state index in [9.17, 15) is 13.6 Å². The first kappa shape index (κ1) is 11.0. The molecule has 0 bridgehead atoms. The van der Waals surface area contributed by atoms with Crippen LogP contribution in [0.2, 0.25) is 0 Å². The number of nitrogens with zero attached hydrogens (tertiary/aromatic N) is 1. The minimum Gasteiger partial charge on any atom is -0.338 e. The molecule has 0 N–H and O–H groups in total. The summed E-state index contributed by atoms with van der Waals surface area (Å²) in [7, 11) is 0. The summed E-state index contributed by atoms with van der Waals surface area (Å²) in [5, 5.41) is 0. The first-order chi connectivity index (χ1) is 7.58. The standard InChI is InChI=1S/C12H13F2NO/c1-8-5-9(12(14)10(13)6-8)7-15-4-2-3-11(15)16/h5-6H,2-4,7H2,1H3. The van der Waals surface area contributed by atoms with Crippen LogP contribution in [0.25, 0.3) is 0 Å². The van der Waals surface area contributed by atoms with Gasteiger partial charge >= 0.3 is 0 Å². The second-order valence-electron chi connectivity index (χ2n) is 4.14. The summed E-state index contributed by atoms with van der Waals surface area (Å²) in [6.45, 7) is 2.51. The van der Waals surface area contributed by atoms with E-state index in [0.717, 1.165) is 12.5 Å². The van der Waals surface area contributed by atoms with Gasteiger partial charge in [-0.25, -0.2) is 8.78 Å². The Morgan fingerprint density at radius 3 is 2.75 bits per heavy atom. The van der Waals surface area contributed by atoms with E-state index in [1.54, 1.807) is 17.9 Å². The zero-order valence-corrected chi connectivity index (χ0v) is 9.09. The van der Waals surface area contributed by atoms with Crippen LogP contribution in [-0.4, -0.2) is 17.4 Å². The van der Waals surface area contributed by atoms with Gasteiger partial charge in [-0.05, 0) is 25.0 Å². The van der Waals surface area contributed by atoms with E-state index in [1.807, 2.05) is 0 Å². The SMILES string of the molecule is Cc1cc(F)c(F)c(CN2CCCC2=O)c1. The van der Waals surface area contributed by atoms with Crippen LogP contribution in [0.4, 0.5) is 8.78 Å². The van der Waals surface area contributed by atoms with Crippen LogP contribution in [0.15, 0.2) is 12.1 Å². The van der Waals surface area contributed by atoms with Crippen molar-refractivity contribution < 1.29 is 13.6 Å².